The van der Waals surface area contributed by atoms with E-state index in [-0.39, 0.29) is 29.9 Å². The molecule has 9 aromatic carbocycles. The number of hydrogen-bond acceptors (Lipinski definition) is 8. The van der Waals surface area contributed by atoms with Crippen molar-refractivity contribution in [3.63, 3.8) is 0 Å². The molecule has 1 unspecified atom stereocenters. The van der Waals surface area contributed by atoms with Gasteiger partial charge in [0.05, 0.1) is 29.9 Å². The fourth-order valence-electron chi connectivity index (χ4n) is 9.06. The zero-order valence-electron chi connectivity index (χ0n) is 39.4. The number of hydrogen-bond donors (Lipinski definition) is 0. The number of rotatable bonds is 20. The lowest BCUT2D eigenvalue weighted by molar-refractivity contribution is -0.143. The summed E-state index contributed by atoms with van der Waals surface area (Å²) in [7, 11) is 0. The van der Waals surface area contributed by atoms with E-state index in [9.17, 15) is 14.4 Å². The Labute approximate surface area is 420 Å². The van der Waals surface area contributed by atoms with Crippen molar-refractivity contribution in [1.82, 2.24) is 0 Å². The number of ether oxygens (including phenoxy) is 5. The summed E-state index contributed by atoms with van der Waals surface area (Å²) in [4.78, 5) is 44.0. The molecule has 0 amide bonds. The van der Waals surface area contributed by atoms with Crippen LogP contribution in [0.2, 0.25) is 0 Å². The molecule has 3 atom stereocenters. The van der Waals surface area contributed by atoms with Crippen LogP contribution >= 0.6 is 0 Å². The lowest BCUT2D eigenvalue weighted by Crippen LogP contribution is -2.51. The van der Waals surface area contributed by atoms with Crippen LogP contribution in [0.1, 0.15) is 64.5 Å². The van der Waals surface area contributed by atoms with Gasteiger partial charge in [-0.25, -0.2) is 14.4 Å². The topological polar surface area (TPSA) is 97.4 Å². The van der Waals surface area contributed by atoms with Gasteiger partial charge in [-0.05, 0) is 69.8 Å². The third kappa shape index (κ3) is 10.9. The Morgan fingerprint density at radius 2 is 0.472 bits per heavy atom. The van der Waals surface area contributed by atoms with Gasteiger partial charge < -0.3 is 23.7 Å². The Bertz CT molecular complexity index is 2710. The van der Waals surface area contributed by atoms with Crippen LogP contribution in [0.15, 0.2) is 273 Å². The van der Waals surface area contributed by atoms with Gasteiger partial charge in [-0.2, -0.15) is 0 Å². The van der Waals surface area contributed by atoms with Crippen molar-refractivity contribution in [3.05, 3.63) is 323 Å². The average molecular weight is 949 g/mol. The molecule has 0 aliphatic rings. The van der Waals surface area contributed by atoms with E-state index in [1.165, 1.54) is 0 Å². The van der Waals surface area contributed by atoms with E-state index in [1.807, 2.05) is 182 Å². The maximum absolute atomic E-state index is 14.7. The molecule has 0 fully saturated rings. The first-order valence-electron chi connectivity index (χ1n) is 23.8. The average Bonchev–Trinajstić information content (AvgIpc) is 3.46. The predicted octanol–water partition coefficient (Wildman–Crippen LogP) is 12.7. The molecule has 0 N–H and O–H groups in total. The third-order valence-corrected chi connectivity index (χ3v) is 12.5. The van der Waals surface area contributed by atoms with Crippen LogP contribution in [0.4, 0.5) is 0 Å². The Hall–Kier alpha value is -8.69. The molecular formula is C64H52O8. The van der Waals surface area contributed by atoms with Crippen LogP contribution in [0, 0.1) is 0 Å². The molecule has 0 saturated heterocycles. The zero-order valence-corrected chi connectivity index (χ0v) is 39.4. The SMILES string of the molecule is O=C(OC([C@H](COC(c1ccccc1)(c1ccccc1)c1ccccc1)OC(=O)c1ccccc1)[C@@H](COC(c1ccccc1)(c1ccccc1)c1ccccc1)OC(=O)c1ccccc1)c1ccccc1. The molecule has 0 spiro atoms. The molecule has 356 valence electrons. The second-order valence-electron chi connectivity index (χ2n) is 17.0. The Morgan fingerprint density at radius 1 is 0.278 bits per heavy atom. The summed E-state index contributed by atoms with van der Waals surface area (Å²) < 4.78 is 34.7. The molecule has 9 aromatic rings. The first-order valence-corrected chi connectivity index (χ1v) is 23.8. The van der Waals surface area contributed by atoms with Gasteiger partial charge in [-0.3, -0.25) is 0 Å². The van der Waals surface area contributed by atoms with E-state index in [0.29, 0.717) is 0 Å². The Balaban J connectivity index is 1.24. The lowest BCUT2D eigenvalue weighted by Gasteiger charge is -2.40. The molecule has 0 bridgehead atoms. The molecule has 0 radical (unpaired) electrons. The van der Waals surface area contributed by atoms with Crippen molar-refractivity contribution in [1.29, 1.82) is 0 Å². The van der Waals surface area contributed by atoms with E-state index >= 15 is 0 Å². The molecule has 0 aliphatic carbocycles. The van der Waals surface area contributed by atoms with Crippen molar-refractivity contribution in [3.8, 4) is 0 Å². The van der Waals surface area contributed by atoms with E-state index in [1.54, 1.807) is 91.0 Å². The molecular weight excluding hydrogens is 897 g/mol. The highest BCUT2D eigenvalue weighted by atomic mass is 16.6. The molecule has 0 heterocycles. The smallest absolute Gasteiger partial charge is 0.338 e. The van der Waals surface area contributed by atoms with Gasteiger partial charge in [0.2, 0.25) is 0 Å². The van der Waals surface area contributed by atoms with Crippen LogP contribution in [0.25, 0.3) is 0 Å². The molecule has 9 rings (SSSR count). The van der Waals surface area contributed by atoms with Crippen LogP contribution in [-0.4, -0.2) is 49.4 Å². The molecule has 72 heavy (non-hydrogen) atoms. The van der Waals surface area contributed by atoms with Crippen molar-refractivity contribution >= 4 is 17.9 Å². The largest absolute Gasteiger partial charge is 0.452 e. The Kier molecular flexibility index (Phi) is 15.6. The molecule has 0 aliphatic heterocycles. The molecule has 8 heteroatoms. The number of esters is 3. The summed E-state index contributed by atoms with van der Waals surface area (Å²) >= 11 is 0. The van der Waals surface area contributed by atoms with Gasteiger partial charge in [0.25, 0.3) is 0 Å². The van der Waals surface area contributed by atoms with E-state index in [2.05, 4.69) is 0 Å². The minimum absolute atomic E-state index is 0.213. The maximum atomic E-state index is 14.7. The zero-order chi connectivity index (χ0) is 49.4. The van der Waals surface area contributed by atoms with Gasteiger partial charge in [0.15, 0.2) is 18.3 Å². The van der Waals surface area contributed by atoms with Crippen LogP contribution in [0.5, 0.6) is 0 Å². The van der Waals surface area contributed by atoms with Crippen molar-refractivity contribution in [2.45, 2.75) is 29.5 Å². The minimum Gasteiger partial charge on any atom is -0.452 e. The van der Waals surface area contributed by atoms with E-state index < -0.39 is 47.4 Å². The Morgan fingerprint density at radius 3 is 0.694 bits per heavy atom. The molecule has 0 aromatic heterocycles. The lowest BCUT2D eigenvalue weighted by atomic mass is 9.80. The normalized spacial score (nSPS) is 12.7. The van der Waals surface area contributed by atoms with Crippen molar-refractivity contribution < 1.29 is 38.1 Å². The predicted molar refractivity (Wildman–Crippen MR) is 277 cm³/mol. The van der Waals surface area contributed by atoms with Gasteiger partial charge in [-0.1, -0.05) is 237 Å². The van der Waals surface area contributed by atoms with Crippen molar-refractivity contribution in [2.24, 2.45) is 0 Å². The number of carbonyl (C=O) groups excluding carboxylic acids is 3. The molecule has 0 saturated carbocycles. The fourth-order valence-corrected chi connectivity index (χ4v) is 9.06. The maximum Gasteiger partial charge on any atom is 0.338 e. The second-order valence-corrected chi connectivity index (χ2v) is 17.0. The summed E-state index contributed by atoms with van der Waals surface area (Å²) in [5, 5.41) is 0. The highest BCUT2D eigenvalue weighted by Crippen LogP contribution is 2.43. The van der Waals surface area contributed by atoms with Gasteiger partial charge in [0, 0.05) is 0 Å². The highest BCUT2D eigenvalue weighted by Gasteiger charge is 2.46. The number of benzene rings is 9. The first-order chi connectivity index (χ1) is 35.5. The van der Waals surface area contributed by atoms with Crippen LogP contribution in [-0.2, 0) is 34.9 Å². The quantitative estimate of drug-likeness (QED) is 0.0423. The summed E-state index contributed by atoms with van der Waals surface area (Å²) in [6, 6.07) is 84.1. The van der Waals surface area contributed by atoms with Gasteiger partial charge in [0.1, 0.15) is 11.2 Å². The summed E-state index contributed by atoms with van der Waals surface area (Å²) in [6.45, 7) is -0.769. The standard InChI is InChI=1S/C64H52O8/c65-60(48-28-10-1-11-29-48)70-57(46-68-63(51-34-16-4-17-35-51,52-36-18-5-19-37-52)53-38-20-6-21-39-53)59(72-62(67)50-32-14-3-15-33-50)58(71-61(66)49-30-12-2-13-31-49)47-69-64(54-40-22-7-23-41-54,55-42-24-8-25-43-55)56-44-26-9-27-45-56/h1-45,57-59H,46-47H2/t57-,58+,59?. The summed E-state index contributed by atoms with van der Waals surface area (Å²) in [5.41, 5.74) is 2.74. The van der Waals surface area contributed by atoms with E-state index in [4.69, 9.17) is 23.7 Å². The van der Waals surface area contributed by atoms with Crippen molar-refractivity contribution in [2.75, 3.05) is 13.2 Å². The number of carbonyl (C=O) groups is 3. The van der Waals surface area contributed by atoms with Crippen LogP contribution < -0.4 is 0 Å². The summed E-state index contributed by atoms with van der Waals surface area (Å²) in [6.07, 6.45) is -4.49. The summed E-state index contributed by atoms with van der Waals surface area (Å²) in [5.74, 6) is -2.21. The fraction of sp³-hybridized carbons (Fsp3) is 0.109. The van der Waals surface area contributed by atoms with Gasteiger partial charge in [-0.15, -0.1) is 0 Å². The van der Waals surface area contributed by atoms with E-state index in [0.717, 1.165) is 33.4 Å². The minimum atomic E-state index is -1.57. The second kappa shape index (κ2) is 23.3. The highest BCUT2D eigenvalue weighted by molar-refractivity contribution is 5.91. The van der Waals surface area contributed by atoms with Crippen LogP contribution in [0.3, 0.4) is 0 Å². The molecule has 8 nitrogen and oxygen atoms in total. The third-order valence-electron chi connectivity index (χ3n) is 12.5. The first kappa shape index (κ1) is 48.3. The monoisotopic (exact) mass is 948 g/mol. The van der Waals surface area contributed by atoms with Gasteiger partial charge >= 0.3 is 17.9 Å².